The molecule has 0 aliphatic rings. The maximum atomic E-state index is 12.9. The van der Waals surface area contributed by atoms with Crippen molar-refractivity contribution < 1.29 is 14.3 Å². The van der Waals surface area contributed by atoms with Crippen LogP contribution in [-0.4, -0.2) is 23.1 Å². The summed E-state index contributed by atoms with van der Waals surface area (Å²) in [5.74, 6) is -0.813. The molecule has 6 heteroatoms. The highest BCUT2D eigenvalue weighted by Gasteiger charge is 2.24. The summed E-state index contributed by atoms with van der Waals surface area (Å²) < 4.78 is 6.87. The Labute approximate surface area is 204 Å². The molecule has 3 aromatic carbocycles. The Morgan fingerprint density at radius 1 is 0.912 bits per heavy atom. The molecule has 0 unspecified atom stereocenters. The van der Waals surface area contributed by atoms with Crippen LogP contribution in [0.4, 0.5) is 5.69 Å². The van der Waals surface area contributed by atoms with Crippen molar-refractivity contribution in [3.63, 3.8) is 0 Å². The van der Waals surface area contributed by atoms with Crippen molar-refractivity contribution in [3.05, 3.63) is 107 Å². The summed E-state index contributed by atoms with van der Waals surface area (Å²) in [6.45, 7) is 3.98. The summed E-state index contributed by atoms with van der Waals surface area (Å²) in [6.07, 6.45) is 0.178. The van der Waals surface area contributed by atoms with E-state index in [4.69, 9.17) is 16.3 Å². The molecule has 1 aromatic heterocycles. The van der Waals surface area contributed by atoms with Gasteiger partial charge in [-0.05, 0) is 48.7 Å². The van der Waals surface area contributed by atoms with Crippen molar-refractivity contribution in [1.82, 2.24) is 4.57 Å². The van der Waals surface area contributed by atoms with Crippen molar-refractivity contribution >= 4 is 29.2 Å². The smallest absolute Gasteiger partial charge is 0.357 e. The van der Waals surface area contributed by atoms with Crippen molar-refractivity contribution in [2.45, 2.75) is 20.3 Å². The van der Waals surface area contributed by atoms with Crippen molar-refractivity contribution in [2.24, 2.45) is 0 Å². The van der Waals surface area contributed by atoms with E-state index in [9.17, 15) is 9.59 Å². The van der Waals surface area contributed by atoms with E-state index in [0.717, 1.165) is 16.7 Å². The second kappa shape index (κ2) is 10.4. The summed E-state index contributed by atoms with van der Waals surface area (Å²) in [4.78, 5) is 25.6. The molecule has 0 saturated carbocycles. The van der Waals surface area contributed by atoms with Crippen LogP contribution < -0.4 is 5.32 Å². The molecule has 0 radical (unpaired) electrons. The molecule has 172 valence electrons. The van der Waals surface area contributed by atoms with Gasteiger partial charge in [-0.3, -0.25) is 9.36 Å². The molecule has 0 aliphatic heterocycles. The Balaban J connectivity index is 1.66. The number of carbonyl (C=O) groups excluding carboxylic acids is 2. The van der Waals surface area contributed by atoms with Crippen LogP contribution in [-0.2, 0) is 16.0 Å². The number of esters is 1. The Kier molecular flexibility index (Phi) is 7.14. The quantitative estimate of drug-likeness (QED) is 0.314. The van der Waals surface area contributed by atoms with Crippen LogP contribution >= 0.6 is 11.6 Å². The summed E-state index contributed by atoms with van der Waals surface area (Å²) in [6, 6.07) is 26.9. The Hall–Kier alpha value is -3.83. The lowest BCUT2D eigenvalue weighted by atomic mass is 10.0. The largest absolute Gasteiger partial charge is 0.461 e. The van der Waals surface area contributed by atoms with Gasteiger partial charge in [-0.1, -0.05) is 83.9 Å². The molecule has 1 heterocycles. The van der Waals surface area contributed by atoms with Gasteiger partial charge >= 0.3 is 5.97 Å². The number of aromatic nitrogens is 1. The van der Waals surface area contributed by atoms with E-state index < -0.39 is 5.97 Å². The minimum atomic E-state index is -0.563. The van der Waals surface area contributed by atoms with E-state index in [1.54, 1.807) is 17.6 Å². The molecule has 0 atom stereocenters. The highest BCUT2D eigenvalue weighted by molar-refractivity contribution is 6.31. The van der Waals surface area contributed by atoms with Crippen LogP contribution in [0.1, 0.15) is 28.5 Å². The zero-order valence-corrected chi connectivity index (χ0v) is 19.8. The number of carbonyl (C=O) groups is 2. The summed E-state index contributed by atoms with van der Waals surface area (Å²) in [7, 11) is 0. The predicted octanol–water partition coefficient (Wildman–Crippen LogP) is 6.46. The third kappa shape index (κ3) is 5.21. The molecule has 0 spiro atoms. The van der Waals surface area contributed by atoms with Crippen LogP contribution in [0, 0.1) is 6.92 Å². The monoisotopic (exact) mass is 472 g/mol. The van der Waals surface area contributed by atoms with E-state index in [0.29, 0.717) is 16.5 Å². The number of benzene rings is 3. The standard InChI is InChI=1S/C28H25ClN2O3/c1-3-34-28(33)27-24(30-26(32)17-20-7-5-4-6-8-20)18-25(29)31(27)23-15-13-22(14-16-23)21-11-9-19(2)10-12-21/h4-16,18H,3,17H2,1-2H3,(H,30,32). The molecule has 34 heavy (non-hydrogen) atoms. The summed E-state index contributed by atoms with van der Waals surface area (Å²) in [5.41, 5.74) is 5.38. The van der Waals surface area contributed by atoms with Gasteiger partial charge in [-0.25, -0.2) is 4.79 Å². The number of rotatable bonds is 7. The number of ether oxygens (including phenoxy) is 1. The van der Waals surface area contributed by atoms with Gasteiger partial charge in [-0.15, -0.1) is 0 Å². The van der Waals surface area contributed by atoms with Gasteiger partial charge in [0.05, 0.1) is 18.7 Å². The first kappa shape index (κ1) is 23.3. The van der Waals surface area contributed by atoms with Gasteiger partial charge in [0.15, 0.2) is 5.69 Å². The molecule has 1 N–H and O–H groups in total. The van der Waals surface area contributed by atoms with Gasteiger partial charge in [-0.2, -0.15) is 0 Å². The minimum absolute atomic E-state index is 0.177. The molecular weight excluding hydrogens is 448 g/mol. The van der Waals surface area contributed by atoms with Crippen molar-refractivity contribution in [3.8, 4) is 16.8 Å². The number of aryl methyl sites for hydroxylation is 1. The molecule has 0 saturated heterocycles. The van der Waals surface area contributed by atoms with Gasteiger partial charge in [0, 0.05) is 5.69 Å². The molecule has 0 fully saturated rings. The molecule has 5 nitrogen and oxygen atoms in total. The van der Waals surface area contributed by atoms with Crippen LogP contribution in [0.25, 0.3) is 16.8 Å². The number of anilines is 1. The molecule has 4 aromatic rings. The highest BCUT2D eigenvalue weighted by Crippen LogP contribution is 2.31. The Bertz CT molecular complexity index is 1290. The number of amides is 1. The SMILES string of the molecule is CCOC(=O)c1c(NC(=O)Cc2ccccc2)cc(Cl)n1-c1ccc(-c2ccc(C)cc2)cc1. The number of nitrogens with zero attached hydrogens (tertiary/aromatic N) is 1. The molecule has 0 aliphatic carbocycles. The van der Waals surface area contributed by atoms with Gasteiger partial charge < -0.3 is 10.1 Å². The van der Waals surface area contributed by atoms with E-state index >= 15 is 0 Å². The zero-order valence-electron chi connectivity index (χ0n) is 19.0. The Morgan fingerprint density at radius 3 is 2.15 bits per heavy atom. The number of nitrogens with one attached hydrogen (secondary N) is 1. The fourth-order valence-corrected chi connectivity index (χ4v) is 4.04. The maximum Gasteiger partial charge on any atom is 0.357 e. The number of halogens is 1. The molecule has 1 amide bonds. The number of hydrogen-bond donors (Lipinski definition) is 1. The van der Waals surface area contributed by atoms with Crippen molar-refractivity contribution in [1.29, 1.82) is 0 Å². The van der Waals surface area contributed by atoms with Gasteiger partial charge in [0.2, 0.25) is 5.91 Å². The highest BCUT2D eigenvalue weighted by atomic mass is 35.5. The second-order valence-corrected chi connectivity index (χ2v) is 8.30. The summed E-state index contributed by atoms with van der Waals surface area (Å²) >= 11 is 6.55. The van der Waals surface area contributed by atoms with Crippen LogP contribution in [0.2, 0.25) is 5.15 Å². The number of hydrogen-bond acceptors (Lipinski definition) is 3. The minimum Gasteiger partial charge on any atom is -0.461 e. The lowest BCUT2D eigenvalue weighted by Crippen LogP contribution is -2.18. The van der Waals surface area contributed by atoms with Gasteiger partial charge in [0.25, 0.3) is 0 Å². The fraction of sp³-hybridized carbons (Fsp3) is 0.143. The lowest BCUT2D eigenvalue weighted by Gasteiger charge is -2.13. The van der Waals surface area contributed by atoms with Crippen molar-refractivity contribution in [2.75, 3.05) is 11.9 Å². The van der Waals surface area contributed by atoms with Crippen LogP contribution in [0.3, 0.4) is 0 Å². The predicted molar refractivity (Wildman–Crippen MR) is 136 cm³/mol. The molecular formula is C28H25ClN2O3. The normalized spacial score (nSPS) is 10.7. The second-order valence-electron chi connectivity index (χ2n) is 7.91. The van der Waals surface area contributed by atoms with E-state index in [-0.39, 0.29) is 24.6 Å². The lowest BCUT2D eigenvalue weighted by molar-refractivity contribution is -0.115. The van der Waals surface area contributed by atoms with E-state index in [1.807, 2.05) is 61.5 Å². The fourth-order valence-electron chi connectivity index (χ4n) is 3.75. The first-order valence-corrected chi connectivity index (χ1v) is 11.4. The maximum absolute atomic E-state index is 12.9. The molecule has 4 rings (SSSR count). The first-order valence-electron chi connectivity index (χ1n) is 11.1. The topological polar surface area (TPSA) is 60.3 Å². The average Bonchev–Trinajstić information content (AvgIpc) is 3.15. The van der Waals surface area contributed by atoms with E-state index in [1.165, 1.54) is 5.56 Å². The Morgan fingerprint density at radius 2 is 1.53 bits per heavy atom. The van der Waals surface area contributed by atoms with E-state index in [2.05, 4.69) is 29.6 Å². The van der Waals surface area contributed by atoms with Crippen LogP contribution in [0.15, 0.2) is 84.9 Å². The first-order chi connectivity index (χ1) is 16.5. The average molecular weight is 473 g/mol. The molecule has 0 bridgehead atoms. The summed E-state index contributed by atoms with van der Waals surface area (Å²) in [5, 5.41) is 3.12. The van der Waals surface area contributed by atoms with Gasteiger partial charge in [0.1, 0.15) is 5.15 Å². The van der Waals surface area contributed by atoms with Crippen LogP contribution in [0.5, 0.6) is 0 Å². The third-order valence-electron chi connectivity index (χ3n) is 5.42. The third-order valence-corrected chi connectivity index (χ3v) is 5.69. The zero-order chi connectivity index (χ0) is 24.1.